The van der Waals surface area contributed by atoms with Crippen molar-refractivity contribution in [2.45, 2.75) is 32.1 Å². The number of fused-ring (bicyclic) bond motifs is 1. The van der Waals surface area contributed by atoms with E-state index in [1.165, 1.54) is 12.8 Å². The van der Waals surface area contributed by atoms with Crippen molar-refractivity contribution in [3.05, 3.63) is 30.0 Å². The van der Waals surface area contributed by atoms with Gasteiger partial charge in [-0.2, -0.15) is 0 Å². The van der Waals surface area contributed by atoms with Gasteiger partial charge in [0, 0.05) is 36.3 Å². The Morgan fingerprint density at radius 2 is 2.00 bits per heavy atom. The molecule has 1 fully saturated rings. The fourth-order valence-electron chi connectivity index (χ4n) is 3.03. The van der Waals surface area contributed by atoms with E-state index in [1.54, 1.807) is 7.11 Å². The van der Waals surface area contributed by atoms with Crippen LogP contribution in [0.1, 0.15) is 31.2 Å². The van der Waals surface area contributed by atoms with Crippen molar-refractivity contribution >= 4 is 16.8 Å². The largest absolute Gasteiger partial charge is 0.497 e. The third-order valence-corrected chi connectivity index (χ3v) is 4.28. The molecule has 2 aromatic rings. The number of benzene rings is 1. The van der Waals surface area contributed by atoms with E-state index in [9.17, 15) is 4.79 Å². The van der Waals surface area contributed by atoms with Crippen molar-refractivity contribution in [2.75, 3.05) is 20.2 Å². The van der Waals surface area contributed by atoms with Crippen molar-refractivity contribution in [2.24, 2.45) is 0 Å². The van der Waals surface area contributed by atoms with Crippen LogP contribution in [0.5, 0.6) is 5.75 Å². The third kappa shape index (κ3) is 3.04. The van der Waals surface area contributed by atoms with E-state index in [2.05, 4.69) is 4.98 Å². The number of rotatable bonds is 3. The van der Waals surface area contributed by atoms with Crippen LogP contribution < -0.4 is 4.74 Å². The summed E-state index contributed by atoms with van der Waals surface area (Å²) < 4.78 is 5.23. The Hall–Kier alpha value is -1.97. The number of aromatic nitrogens is 1. The zero-order valence-electron chi connectivity index (χ0n) is 12.5. The molecule has 112 valence electrons. The van der Waals surface area contributed by atoms with Gasteiger partial charge in [0.15, 0.2) is 0 Å². The lowest BCUT2D eigenvalue weighted by Crippen LogP contribution is -2.33. The molecule has 2 heterocycles. The molecule has 1 aliphatic heterocycles. The van der Waals surface area contributed by atoms with Gasteiger partial charge in [0.1, 0.15) is 5.75 Å². The molecular weight excluding hydrogens is 264 g/mol. The molecule has 0 saturated carbocycles. The number of likely N-dealkylation sites (tertiary alicyclic amines) is 1. The zero-order valence-corrected chi connectivity index (χ0v) is 12.5. The predicted molar refractivity (Wildman–Crippen MR) is 83.6 cm³/mol. The quantitative estimate of drug-likeness (QED) is 0.942. The second-order valence-electron chi connectivity index (χ2n) is 5.70. The second kappa shape index (κ2) is 6.20. The molecule has 21 heavy (non-hydrogen) atoms. The Kier molecular flexibility index (Phi) is 4.13. The number of hydrogen-bond acceptors (Lipinski definition) is 2. The Morgan fingerprint density at radius 1 is 1.24 bits per heavy atom. The zero-order chi connectivity index (χ0) is 14.7. The van der Waals surface area contributed by atoms with Crippen LogP contribution in [-0.4, -0.2) is 36.0 Å². The van der Waals surface area contributed by atoms with E-state index >= 15 is 0 Å². The molecule has 1 saturated heterocycles. The maximum atomic E-state index is 12.5. The highest BCUT2D eigenvalue weighted by atomic mass is 16.5. The molecule has 1 aromatic carbocycles. The first-order chi connectivity index (χ1) is 10.3. The molecular formula is C17H22N2O2. The van der Waals surface area contributed by atoms with Crippen molar-refractivity contribution in [1.29, 1.82) is 0 Å². The molecule has 0 unspecified atom stereocenters. The molecule has 0 bridgehead atoms. The lowest BCUT2D eigenvalue weighted by Gasteiger charge is -2.20. The fraction of sp³-hybridized carbons (Fsp3) is 0.471. The fourth-order valence-corrected chi connectivity index (χ4v) is 3.03. The molecule has 0 atom stereocenters. The maximum Gasteiger partial charge on any atom is 0.227 e. The van der Waals surface area contributed by atoms with Crippen LogP contribution in [-0.2, 0) is 11.2 Å². The molecule has 1 aromatic heterocycles. The first-order valence-electron chi connectivity index (χ1n) is 7.70. The summed E-state index contributed by atoms with van der Waals surface area (Å²) in [5.74, 6) is 1.07. The SMILES string of the molecule is COc1ccc2c(CC(=O)N3CCCCCC3)c[nH]c2c1. The third-order valence-electron chi connectivity index (χ3n) is 4.28. The number of nitrogens with one attached hydrogen (secondary N) is 1. The second-order valence-corrected chi connectivity index (χ2v) is 5.70. The first-order valence-corrected chi connectivity index (χ1v) is 7.70. The van der Waals surface area contributed by atoms with Gasteiger partial charge in [-0.25, -0.2) is 0 Å². The summed E-state index contributed by atoms with van der Waals surface area (Å²) >= 11 is 0. The molecule has 0 spiro atoms. The van der Waals surface area contributed by atoms with Gasteiger partial charge in [-0.05, 0) is 30.5 Å². The van der Waals surface area contributed by atoms with Crippen LogP contribution >= 0.6 is 0 Å². The molecule has 4 nitrogen and oxygen atoms in total. The molecule has 3 rings (SSSR count). The van der Waals surface area contributed by atoms with Crippen LogP contribution in [0.2, 0.25) is 0 Å². The number of aromatic amines is 1. The van der Waals surface area contributed by atoms with Gasteiger partial charge >= 0.3 is 0 Å². The minimum Gasteiger partial charge on any atom is -0.497 e. The van der Waals surface area contributed by atoms with Crippen LogP contribution in [0.15, 0.2) is 24.4 Å². The molecule has 4 heteroatoms. The average molecular weight is 286 g/mol. The number of methoxy groups -OCH3 is 1. The van der Waals surface area contributed by atoms with Gasteiger partial charge < -0.3 is 14.6 Å². The van der Waals surface area contributed by atoms with E-state index in [1.807, 2.05) is 29.3 Å². The topological polar surface area (TPSA) is 45.3 Å². The summed E-state index contributed by atoms with van der Waals surface area (Å²) in [4.78, 5) is 17.7. The van der Waals surface area contributed by atoms with Gasteiger partial charge in [-0.1, -0.05) is 12.8 Å². The number of carbonyl (C=O) groups excluding carboxylic acids is 1. The van der Waals surface area contributed by atoms with E-state index < -0.39 is 0 Å². The highest BCUT2D eigenvalue weighted by Crippen LogP contribution is 2.24. The van der Waals surface area contributed by atoms with Crippen LogP contribution in [0.3, 0.4) is 0 Å². The molecule has 1 N–H and O–H groups in total. The molecule has 1 amide bonds. The lowest BCUT2D eigenvalue weighted by molar-refractivity contribution is -0.130. The van der Waals surface area contributed by atoms with Crippen molar-refractivity contribution in [1.82, 2.24) is 9.88 Å². The van der Waals surface area contributed by atoms with Gasteiger partial charge in [-0.15, -0.1) is 0 Å². The van der Waals surface area contributed by atoms with Crippen molar-refractivity contribution in [3.8, 4) is 5.75 Å². The summed E-state index contributed by atoms with van der Waals surface area (Å²) in [5, 5.41) is 1.11. The standard InChI is InChI=1S/C17H22N2O2/c1-21-14-6-7-15-13(12-18-16(15)11-14)10-17(20)19-8-4-2-3-5-9-19/h6-7,11-12,18H,2-5,8-10H2,1H3. The summed E-state index contributed by atoms with van der Waals surface area (Å²) in [6.45, 7) is 1.82. The maximum absolute atomic E-state index is 12.5. The van der Waals surface area contributed by atoms with E-state index in [4.69, 9.17) is 4.74 Å². The Bertz CT molecular complexity index is 625. The summed E-state index contributed by atoms with van der Waals surface area (Å²) in [6, 6.07) is 5.93. The first kappa shape index (κ1) is 14.0. The van der Waals surface area contributed by atoms with E-state index in [-0.39, 0.29) is 5.91 Å². The number of amides is 1. The number of hydrogen-bond donors (Lipinski definition) is 1. The number of nitrogens with zero attached hydrogens (tertiary/aromatic N) is 1. The Labute approximate surface area is 125 Å². The Morgan fingerprint density at radius 3 is 2.71 bits per heavy atom. The number of H-pyrrole nitrogens is 1. The predicted octanol–water partition coefficient (Wildman–Crippen LogP) is 3.12. The van der Waals surface area contributed by atoms with Gasteiger partial charge in [-0.3, -0.25) is 4.79 Å². The van der Waals surface area contributed by atoms with Crippen LogP contribution in [0.25, 0.3) is 10.9 Å². The van der Waals surface area contributed by atoms with Gasteiger partial charge in [0.25, 0.3) is 0 Å². The smallest absolute Gasteiger partial charge is 0.227 e. The van der Waals surface area contributed by atoms with Gasteiger partial charge in [0.05, 0.1) is 13.5 Å². The minimum absolute atomic E-state index is 0.244. The molecule has 1 aliphatic rings. The normalized spacial score (nSPS) is 16.0. The van der Waals surface area contributed by atoms with Crippen molar-refractivity contribution in [3.63, 3.8) is 0 Å². The highest BCUT2D eigenvalue weighted by molar-refractivity contribution is 5.89. The van der Waals surface area contributed by atoms with Crippen molar-refractivity contribution < 1.29 is 9.53 Å². The highest BCUT2D eigenvalue weighted by Gasteiger charge is 2.17. The van der Waals surface area contributed by atoms with E-state index in [0.717, 1.165) is 48.1 Å². The number of ether oxygens (including phenoxy) is 1. The van der Waals surface area contributed by atoms with Crippen LogP contribution in [0.4, 0.5) is 0 Å². The number of carbonyl (C=O) groups is 1. The monoisotopic (exact) mass is 286 g/mol. The van der Waals surface area contributed by atoms with Crippen LogP contribution in [0, 0.1) is 0 Å². The summed E-state index contributed by atoms with van der Waals surface area (Å²) in [7, 11) is 1.66. The summed E-state index contributed by atoms with van der Waals surface area (Å²) in [5.41, 5.74) is 2.09. The van der Waals surface area contributed by atoms with E-state index in [0.29, 0.717) is 6.42 Å². The molecule has 0 radical (unpaired) electrons. The van der Waals surface area contributed by atoms with Gasteiger partial charge in [0.2, 0.25) is 5.91 Å². The Balaban J connectivity index is 1.76. The summed E-state index contributed by atoms with van der Waals surface area (Å²) in [6.07, 6.45) is 7.19. The lowest BCUT2D eigenvalue weighted by atomic mass is 10.1. The molecule has 0 aliphatic carbocycles. The average Bonchev–Trinajstić information content (AvgIpc) is 2.73. The minimum atomic E-state index is 0.244.